The SMILES string of the molecule is CCS(=O)(=O)Nc1ccc(Oc2ccc(F)cc2)c(-c2cn(C)c3c(OC)nccc23)c1. The van der Waals surface area contributed by atoms with Crippen molar-refractivity contribution < 1.29 is 22.3 Å². The second-order valence-electron chi connectivity index (χ2n) is 7.14. The number of rotatable bonds is 7. The van der Waals surface area contributed by atoms with E-state index in [1.807, 2.05) is 23.9 Å². The molecule has 0 aliphatic carbocycles. The summed E-state index contributed by atoms with van der Waals surface area (Å²) in [5.41, 5.74) is 2.66. The topological polar surface area (TPSA) is 82.5 Å². The molecule has 0 saturated heterocycles. The maximum Gasteiger partial charge on any atom is 0.238 e. The first-order chi connectivity index (χ1) is 15.3. The van der Waals surface area contributed by atoms with Gasteiger partial charge in [0.15, 0.2) is 0 Å². The standard InChI is InChI=1S/C23H22FN3O4S/c1-4-32(28,29)26-16-7-10-21(31-17-8-5-15(24)6-9-17)19(13-16)20-14-27(2)22-18(20)11-12-25-23(22)30-3/h5-14,26H,4H2,1-3H3. The van der Waals surface area contributed by atoms with Gasteiger partial charge in [0, 0.05) is 41.6 Å². The van der Waals surface area contributed by atoms with Gasteiger partial charge in [-0.25, -0.2) is 17.8 Å². The van der Waals surface area contributed by atoms with Gasteiger partial charge in [-0.1, -0.05) is 0 Å². The Morgan fingerprint density at radius 2 is 1.84 bits per heavy atom. The highest BCUT2D eigenvalue weighted by atomic mass is 32.2. The average Bonchev–Trinajstić information content (AvgIpc) is 3.13. The largest absolute Gasteiger partial charge is 0.479 e. The molecule has 2 aromatic carbocycles. The van der Waals surface area contributed by atoms with Crippen molar-refractivity contribution in [2.45, 2.75) is 6.92 Å². The molecule has 0 unspecified atom stereocenters. The number of aryl methyl sites for hydroxylation is 1. The summed E-state index contributed by atoms with van der Waals surface area (Å²) in [7, 11) is -0.0352. The molecule has 166 valence electrons. The van der Waals surface area contributed by atoms with Gasteiger partial charge in [0.2, 0.25) is 15.9 Å². The van der Waals surface area contributed by atoms with E-state index in [0.717, 1.165) is 16.5 Å². The molecule has 2 heterocycles. The Labute approximate surface area is 185 Å². The molecule has 4 aromatic rings. The molecule has 2 aromatic heterocycles. The minimum absolute atomic E-state index is 0.0483. The molecule has 0 spiro atoms. The third-order valence-electron chi connectivity index (χ3n) is 5.01. The van der Waals surface area contributed by atoms with Crippen LogP contribution in [0, 0.1) is 5.82 Å². The Balaban J connectivity index is 1.89. The van der Waals surface area contributed by atoms with Gasteiger partial charge in [0.1, 0.15) is 22.8 Å². The number of hydrogen-bond acceptors (Lipinski definition) is 5. The summed E-state index contributed by atoms with van der Waals surface area (Å²) in [6, 6.07) is 12.6. The number of nitrogens with zero attached hydrogens (tertiary/aromatic N) is 2. The average molecular weight is 456 g/mol. The van der Waals surface area contributed by atoms with Crippen molar-refractivity contribution in [3.63, 3.8) is 0 Å². The van der Waals surface area contributed by atoms with E-state index in [9.17, 15) is 12.8 Å². The van der Waals surface area contributed by atoms with Gasteiger partial charge < -0.3 is 14.0 Å². The quantitative estimate of drug-likeness (QED) is 0.427. The van der Waals surface area contributed by atoms with Crippen LogP contribution < -0.4 is 14.2 Å². The molecule has 0 bridgehead atoms. The lowest BCUT2D eigenvalue weighted by Crippen LogP contribution is -2.14. The first kappa shape index (κ1) is 21.6. The van der Waals surface area contributed by atoms with Crippen molar-refractivity contribution in [1.29, 1.82) is 0 Å². The van der Waals surface area contributed by atoms with Gasteiger partial charge in [0.25, 0.3) is 0 Å². The normalized spacial score (nSPS) is 11.5. The van der Waals surface area contributed by atoms with Gasteiger partial charge in [-0.05, 0) is 55.5 Å². The Morgan fingerprint density at radius 3 is 2.53 bits per heavy atom. The molecule has 0 fully saturated rings. The van der Waals surface area contributed by atoms with Crippen LogP contribution in [0.15, 0.2) is 60.9 Å². The summed E-state index contributed by atoms with van der Waals surface area (Å²) in [6.07, 6.45) is 3.55. The van der Waals surface area contributed by atoms with E-state index in [-0.39, 0.29) is 11.6 Å². The number of anilines is 1. The summed E-state index contributed by atoms with van der Waals surface area (Å²) < 4.78 is 53.5. The zero-order valence-corrected chi connectivity index (χ0v) is 18.6. The number of hydrogen-bond donors (Lipinski definition) is 1. The second kappa shape index (κ2) is 8.51. The lowest BCUT2D eigenvalue weighted by atomic mass is 10.0. The van der Waals surface area contributed by atoms with Crippen molar-refractivity contribution in [1.82, 2.24) is 9.55 Å². The summed E-state index contributed by atoms with van der Waals surface area (Å²) in [6.45, 7) is 1.57. The third-order valence-corrected chi connectivity index (χ3v) is 6.32. The summed E-state index contributed by atoms with van der Waals surface area (Å²) in [5.74, 6) is 0.997. The van der Waals surface area contributed by atoms with Crippen molar-refractivity contribution in [2.24, 2.45) is 7.05 Å². The molecule has 0 amide bonds. The first-order valence-corrected chi connectivity index (χ1v) is 11.5. The molecule has 1 N–H and O–H groups in total. The molecule has 9 heteroatoms. The van der Waals surface area contributed by atoms with Crippen LogP contribution >= 0.6 is 0 Å². The third kappa shape index (κ3) is 4.24. The lowest BCUT2D eigenvalue weighted by Gasteiger charge is -2.14. The fraction of sp³-hybridized carbons (Fsp3) is 0.174. The van der Waals surface area contributed by atoms with E-state index >= 15 is 0 Å². The summed E-state index contributed by atoms with van der Waals surface area (Å²) in [4.78, 5) is 4.27. The number of ether oxygens (including phenoxy) is 2. The zero-order valence-electron chi connectivity index (χ0n) is 17.8. The van der Waals surface area contributed by atoms with Crippen LogP contribution in [0.1, 0.15) is 6.92 Å². The maximum atomic E-state index is 13.3. The number of nitrogens with one attached hydrogen (secondary N) is 1. The monoisotopic (exact) mass is 455 g/mol. The van der Waals surface area contributed by atoms with Crippen LogP contribution in [-0.2, 0) is 17.1 Å². The smallest absolute Gasteiger partial charge is 0.238 e. The predicted molar refractivity (Wildman–Crippen MR) is 122 cm³/mol. The van der Waals surface area contributed by atoms with Crippen LogP contribution in [0.5, 0.6) is 17.4 Å². The number of pyridine rings is 1. The number of halogens is 1. The predicted octanol–water partition coefficient (Wildman–Crippen LogP) is 4.94. The highest BCUT2D eigenvalue weighted by Gasteiger charge is 2.18. The van der Waals surface area contributed by atoms with E-state index in [1.54, 1.807) is 38.4 Å². The second-order valence-corrected chi connectivity index (χ2v) is 9.15. The maximum absolute atomic E-state index is 13.3. The Kier molecular flexibility index (Phi) is 5.75. The Morgan fingerprint density at radius 1 is 1.09 bits per heavy atom. The van der Waals surface area contributed by atoms with E-state index < -0.39 is 10.0 Å². The molecule has 4 rings (SSSR count). The highest BCUT2D eigenvalue weighted by Crippen LogP contribution is 2.41. The van der Waals surface area contributed by atoms with Gasteiger partial charge in [-0.3, -0.25) is 4.72 Å². The highest BCUT2D eigenvalue weighted by molar-refractivity contribution is 7.92. The molecule has 0 saturated carbocycles. The molecule has 0 radical (unpaired) electrons. The number of fused-ring (bicyclic) bond motifs is 1. The number of sulfonamides is 1. The fourth-order valence-corrected chi connectivity index (χ4v) is 4.09. The molecule has 0 aliphatic rings. The van der Waals surface area contributed by atoms with Gasteiger partial charge in [0.05, 0.1) is 12.9 Å². The molecular formula is C23H22FN3O4S. The molecular weight excluding hydrogens is 433 g/mol. The van der Waals surface area contributed by atoms with Crippen LogP contribution in [0.25, 0.3) is 22.0 Å². The van der Waals surface area contributed by atoms with Crippen LogP contribution in [0.3, 0.4) is 0 Å². The van der Waals surface area contributed by atoms with Gasteiger partial charge in [-0.15, -0.1) is 0 Å². The van der Waals surface area contributed by atoms with Crippen LogP contribution in [-0.4, -0.2) is 30.8 Å². The fourth-order valence-electron chi connectivity index (χ4n) is 3.46. The number of methoxy groups -OCH3 is 1. The first-order valence-electron chi connectivity index (χ1n) is 9.87. The molecule has 7 nitrogen and oxygen atoms in total. The minimum atomic E-state index is -3.46. The van der Waals surface area contributed by atoms with E-state index in [1.165, 1.54) is 24.3 Å². The van der Waals surface area contributed by atoms with Crippen molar-refractivity contribution in [3.8, 4) is 28.5 Å². The van der Waals surface area contributed by atoms with E-state index in [4.69, 9.17) is 9.47 Å². The van der Waals surface area contributed by atoms with E-state index in [0.29, 0.717) is 28.6 Å². The molecule has 0 aliphatic heterocycles. The van der Waals surface area contributed by atoms with Crippen LogP contribution in [0.4, 0.5) is 10.1 Å². The summed E-state index contributed by atoms with van der Waals surface area (Å²) >= 11 is 0. The van der Waals surface area contributed by atoms with Crippen molar-refractivity contribution >= 4 is 26.6 Å². The van der Waals surface area contributed by atoms with Crippen molar-refractivity contribution in [3.05, 3.63) is 66.7 Å². The zero-order chi connectivity index (χ0) is 22.9. The number of aromatic nitrogens is 2. The van der Waals surface area contributed by atoms with Gasteiger partial charge >= 0.3 is 0 Å². The van der Waals surface area contributed by atoms with Crippen molar-refractivity contribution in [2.75, 3.05) is 17.6 Å². The summed E-state index contributed by atoms with van der Waals surface area (Å²) in [5, 5.41) is 0.860. The Hall–Kier alpha value is -3.59. The molecule has 32 heavy (non-hydrogen) atoms. The molecule has 0 atom stereocenters. The minimum Gasteiger partial charge on any atom is -0.479 e. The lowest BCUT2D eigenvalue weighted by molar-refractivity contribution is 0.401. The van der Waals surface area contributed by atoms with E-state index in [2.05, 4.69) is 9.71 Å². The van der Waals surface area contributed by atoms with Crippen LogP contribution in [0.2, 0.25) is 0 Å². The number of benzene rings is 2. The Bertz CT molecular complexity index is 1380. The van der Waals surface area contributed by atoms with Gasteiger partial charge in [-0.2, -0.15) is 0 Å².